The number of hydrogen-bond acceptors (Lipinski definition) is 5. The molecule has 0 spiro atoms. The van der Waals surface area contributed by atoms with Crippen LogP contribution in [0.4, 0.5) is 0 Å². The Kier molecular flexibility index (Phi) is 3.99. The highest BCUT2D eigenvalue weighted by Gasteiger charge is 2.18. The van der Waals surface area contributed by atoms with Gasteiger partial charge in [-0.2, -0.15) is 0 Å². The van der Waals surface area contributed by atoms with Crippen LogP contribution >= 0.6 is 11.3 Å². The van der Waals surface area contributed by atoms with E-state index in [-0.39, 0.29) is 16.4 Å². The molecular formula is C16H16N2O3S2. The smallest absolute Gasteiger partial charge is 0.178 e. The van der Waals surface area contributed by atoms with Gasteiger partial charge in [0.05, 0.1) is 21.2 Å². The number of phenols is 1. The lowest BCUT2D eigenvalue weighted by atomic mass is 10.2. The Morgan fingerprint density at radius 2 is 2.09 bits per heavy atom. The Hall–Kier alpha value is -2.12. The van der Waals surface area contributed by atoms with Crippen LogP contribution in [0.15, 0.2) is 46.9 Å². The van der Waals surface area contributed by atoms with Gasteiger partial charge in [0.1, 0.15) is 5.75 Å². The van der Waals surface area contributed by atoms with Crippen LogP contribution < -0.4 is 0 Å². The Bertz CT molecular complexity index is 955. The Labute approximate surface area is 138 Å². The van der Waals surface area contributed by atoms with Gasteiger partial charge in [-0.15, -0.1) is 11.3 Å². The van der Waals surface area contributed by atoms with Gasteiger partial charge < -0.3 is 5.11 Å². The average molecular weight is 348 g/mol. The first kappa shape index (κ1) is 15.8. The molecule has 0 saturated heterocycles. The van der Waals surface area contributed by atoms with Crippen LogP contribution in [-0.4, -0.2) is 28.8 Å². The lowest BCUT2D eigenvalue weighted by molar-refractivity contribution is 0.472. The zero-order valence-electron chi connectivity index (χ0n) is 12.7. The minimum absolute atomic E-state index is 0.00788. The number of sulfone groups is 1. The molecule has 2 aromatic heterocycles. The van der Waals surface area contributed by atoms with Gasteiger partial charge in [-0.05, 0) is 42.1 Å². The van der Waals surface area contributed by atoms with E-state index < -0.39 is 9.84 Å². The molecule has 0 atom stereocenters. The third kappa shape index (κ3) is 2.77. The number of hydrogen-bond donors (Lipinski definition) is 1. The van der Waals surface area contributed by atoms with Crippen LogP contribution in [-0.2, 0) is 9.84 Å². The summed E-state index contributed by atoms with van der Waals surface area (Å²) in [6, 6.07) is 6.31. The van der Waals surface area contributed by atoms with Crippen molar-refractivity contribution in [1.82, 2.24) is 9.55 Å². The van der Waals surface area contributed by atoms with Crippen molar-refractivity contribution in [3.05, 3.63) is 47.6 Å². The summed E-state index contributed by atoms with van der Waals surface area (Å²) in [6.45, 7) is 3.59. The molecule has 2 heterocycles. The van der Waals surface area contributed by atoms with E-state index in [0.717, 1.165) is 10.4 Å². The fourth-order valence-electron chi connectivity index (χ4n) is 2.32. The van der Waals surface area contributed by atoms with Crippen molar-refractivity contribution in [3.63, 3.8) is 0 Å². The summed E-state index contributed by atoms with van der Waals surface area (Å²) in [5, 5.41) is 12.2. The molecule has 0 saturated carbocycles. The zero-order chi connectivity index (χ0) is 16.6. The van der Waals surface area contributed by atoms with Crippen molar-refractivity contribution >= 4 is 21.2 Å². The lowest BCUT2D eigenvalue weighted by Crippen LogP contribution is -2.05. The summed E-state index contributed by atoms with van der Waals surface area (Å²) in [7, 11) is -3.35. The van der Waals surface area contributed by atoms with Gasteiger partial charge >= 0.3 is 0 Å². The predicted octanol–water partition coefficient (Wildman–Crippen LogP) is 3.41. The van der Waals surface area contributed by atoms with Gasteiger partial charge in [0, 0.05) is 12.4 Å². The van der Waals surface area contributed by atoms with Crippen LogP contribution in [0, 0.1) is 6.92 Å². The summed E-state index contributed by atoms with van der Waals surface area (Å²) in [4.78, 5) is 5.54. The molecule has 0 unspecified atom stereocenters. The molecule has 5 nitrogen and oxygen atoms in total. The number of thiophene rings is 1. The van der Waals surface area contributed by atoms with Crippen molar-refractivity contribution in [1.29, 1.82) is 0 Å². The molecule has 3 rings (SSSR count). The molecule has 7 heteroatoms. The number of phenolic OH excluding ortho intramolecular Hbond substituents is 1. The maximum Gasteiger partial charge on any atom is 0.178 e. The summed E-state index contributed by atoms with van der Waals surface area (Å²) in [5.74, 6) is 0.699. The van der Waals surface area contributed by atoms with Crippen molar-refractivity contribution in [2.75, 3.05) is 5.75 Å². The van der Waals surface area contributed by atoms with E-state index in [9.17, 15) is 13.5 Å². The van der Waals surface area contributed by atoms with Crippen LogP contribution in [0.2, 0.25) is 0 Å². The van der Waals surface area contributed by atoms with Crippen molar-refractivity contribution in [3.8, 4) is 22.1 Å². The van der Waals surface area contributed by atoms with Gasteiger partial charge in [0.2, 0.25) is 0 Å². The van der Waals surface area contributed by atoms with Crippen LogP contribution in [0.3, 0.4) is 0 Å². The Balaban J connectivity index is 2.20. The summed E-state index contributed by atoms with van der Waals surface area (Å²) >= 11 is 1.55. The number of nitrogens with zero attached hydrogens (tertiary/aromatic N) is 2. The van der Waals surface area contributed by atoms with E-state index >= 15 is 0 Å². The van der Waals surface area contributed by atoms with E-state index in [2.05, 4.69) is 4.98 Å². The molecule has 3 aromatic rings. The average Bonchev–Trinajstić information content (AvgIpc) is 3.15. The van der Waals surface area contributed by atoms with Crippen molar-refractivity contribution in [2.45, 2.75) is 18.7 Å². The molecule has 0 fully saturated rings. The van der Waals surface area contributed by atoms with E-state index in [1.54, 1.807) is 35.2 Å². The minimum Gasteiger partial charge on any atom is -0.506 e. The molecule has 0 amide bonds. The molecule has 0 aliphatic heterocycles. The third-order valence-corrected chi connectivity index (χ3v) is 6.40. The second-order valence-corrected chi connectivity index (χ2v) is 8.30. The van der Waals surface area contributed by atoms with E-state index in [4.69, 9.17) is 0 Å². The normalized spacial score (nSPS) is 11.7. The van der Waals surface area contributed by atoms with Crippen LogP contribution in [0.1, 0.15) is 12.5 Å². The maximum absolute atomic E-state index is 12.1. The quantitative estimate of drug-likeness (QED) is 0.784. The molecule has 23 heavy (non-hydrogen) atoms. The first-order valence-corrected chi connectivity index (χ1v) is 9.61. The molecule has 120 valence electrons. The Morgan fingerprint density at radius 1 is 1.30 bits per heavy atom. The number of rotatable bonds is 4. The second-order valence-electron chi connectivity index (χ2n) is 5.11. The second kappa shape index (κ2) is 5.82. The fraction of sp³-hybridized carbons (Fsp3) is 0.188. The number of aromatic hydroxyl groups is 1. The molecule has 0 bridgehead atoms. The van der Waals surface area contributed by atoms with E-state index in [1.807, 2.05) is 18.4 Å². The third-order valence-electron chi connectivity index (χ3n) is 3.65. The van der Waals surface area contributed by atoms with E-state index in [0.29, 0.717) is 11.5 Å². The maximum atomic E-state index is 12.1. The highest BCUT2D eigenvalue weighted by molar-refractivity contribution is 7.91. The predicted molar refractivity (Wildman–Crippen MR) is 91.0 cm³/mol. The van der Waals surface area contributed by atoms with Crippen molar-refractivity contribution < 1.29 is 13.5 Å². The summed E-state index contributed by atoms with van der Waals surface area (Å²) in [5.41, 5.74) is 1.49. The van der Waals surface area contributed by atoms with E-state index in [1.165, 1.54) is 18.2 Å². The SMILES string of the molecule is CCS(=O)(=O)c1ccc(O)c(-n2ccnc2-c2sccc2C)c1. The first-order chi connectivity index (χ1) is 10.9. The minimum atomic E-state index is -3.35. The number of aryl methyl sites for hydroxylation is 1. The Morgan fingerprint density at radius 3 is 2.74 bits per heavy atom. The molecule has 0 aliphatic carbocycles. The van der Waals surface area contributed by atoms with Crippen LogP contribution in [0.25, 0.3) is 16.4 Å². The monoisotopic (exact) mass is 348 g/mol. The van der Waals surface area contributed by atoms with Gasteiger partial charge in [-0.1, -0.05) is 6.92 Å². The topological polar surface area (TPSA) is 72.2 Å². The van der Waals surface area contributed by atoms with Crippen LogP contribution in [0.5, 0.6) is 5.75 Å². The first-order valence-electron chi connectivity index (χ1n) is 7.08. The molecule has 1 N–H and O–H groups in total. The molecule has 0 aliphatic rings. The number of imidazole rings is 1. The highest BCUT2D eigenvalue weighted by atomic mass is 32.2. The molecule has 1 aromatic carbocycles. The standard InChI is InChI=1S/C16H16N2O3S2/c1-3-23(20,21)12-4-5-14(19)13(10-12)18-8-7-17-16(18)15-11(2)6-9-22-15/h4-10,19H,3H2,1-2H3. The lowest BCUT2D eigenvalue weighted by Gasteiger charge is -2.11. The van der Waals surface area contributed by atoms with Crippen molar-refractivity contribution in [2.24, 2.45) is 0 Å². The fourth-order valence-corrected chi connectivity index (χ4v) is 4.14. The number of benzene rings is 1. The van der Waals surface area contributed by atoms with Gasteiger partial charge in [-0.3, -0.25) is 4.57 Å². The number of aromatic nitrogens is 2. The van der Waals surface area contributed by atoms with Gasteiger partial charge in [0.15, 0.2) is 15.7 Å². The molecular weight excluding hydrogens is 332 g/mol. The summed E-state index contributed by atoms with van der Waals surface area (Å²) < 4.78 is 25.9. The zero-order valence-corrected chi connectivity index (χ0v) is 14.4. The highest BCUT2D eigenvalue weighted by Crippen LogP contribution is 2.33. The van der Waals surface area contributed by atoms with Gasteiger partial charge in [-0.25, -0.2) is 13.4 Å². The largest absolute Gasteiger partial charge is 0.506 e. The van der Waals surface area contributed by atoms with Gasteiger partial charge in [0.25, 0.3) is 0 Å². The molecule has 0 radical (unpaired) electrons. The summed E-state index contributed by atoms with van der Waals surface area (Å²) in [6.07, 6.45) is 3.35.